The van der Waals surface area contributed by atoms with Crippen LogP contribution in [0.25, 0.3) is 0 Å². The van der Waals surface area contributed by atoms with Crippen LogP contribution < -0.4 is 20.9 Å². The highest BCUT2D eigenvalue weighted by Gasteiger charge is 2.32. The number of piperazine rings is 1. The SMILES string of the molecule is C=CCNCC(=O)N(CC)[C@@H](Cc1ccc(O)cc1)C(=O)NCc1cccc2c1N(C)CC2c1ccc(C(=O)N2CCNCC2)nc1. The maximum Gasteiger partial charge on any atom is 0.272 e. The Balaban J connectivity index is 1.31. The van der Waals surface area contributed by atoms with Gasteiger partial charge < -0.3 is 35.8 Å². The number of amides is 3. The molecular formula is C36H45N7O4. The zero-order valence-electron chi connectivity index (χ0n) is 27.2. The van der Waals surface area contributed by atoms with Crippen molar-refractivity contribution in [2.24, 2.45) is 0 Å². The highest BCUT2D eigenvalue weighted by molar-refractivity contribution is 5.92. The van der Waals surface area contributed by atoms with Crippen LogP contribution in [-0.4, -0.2) is 103 Å². The average molecular weight is 640 g/mol. The Bertz CT molecular complexity index is 1550. The van der Waals surface area contributed by atoms with Crippen LogP contribution in [0.15, 0.2) is 73.4 Å². The van der Waals surface area contributed by atoms with Crippen molar-refractivity contribution in [3.63, 3.8) is 0 Å². The number of hydrogen-bond acceptors (Lipinski definition) is 8. The lowest BCUT2D eigenvalue weighted by Gasteiger charge is -2.30. The molecule has 3 amide bonds. The molecule has 3 heterocycles. The van der Waals surface area contributed by atoms with Crippen LogP contribution in [0.3, 0.4) is 0 Å². The highest BCUT2D eigenvalue weighted by Crippen LogP contribution is 2.41. The predicted octanol–water partition coefficient (Wildman–Crippen LogP) is 2.27. The van der Waals surface area contributed by atoms with E-state index >= 15 is 0 Å². The Hall–Kier alpha value is -4.74. The quantitative estimate of drug-likeness (QED) is 0.166. The molecule has 4 N–H and O–H groups in total. The third-order valence-electron chi connectivity index (χ3n) is 8.90. The number of aromatic hydroxyl groups is 1. The van der Waals surface area contributed by atoms with Gasteiger partial charge in [-0.1, -0.05) is 42.5 Å². The van der Waals surface area contributed by atoms with E-state index in [1.54, 1.807) is 35.2 Å². The number of carbonyl (C=O) groups is 3. The van der Waals surface area contributed by atoms with Gasteiger partial charge in [0.05, 0.1) is 6.54 Å². The minimum atomic E-state index is -0.738. The fraction of sp³-hybridized carbons (Fsp3) is 0.389. The number of nitrogens with one attached hydrogen (secondary N) is 3. The first-order valence-corrected chi connectivity index (χ1v) is 16.3. The van der Waals surface area contributed by atoms with E-state index in [4.69, 9.17) is 0 Å². The monoisotopic (exact) mass is 639 g/mol. The molecule has 0 spiro atoms. The van der Waals surface area contributed by atoms with Gasteiger partial charge in [0.25, 0.3) is 5.91 Å². The number of rotatable bonds is 13. The molecule has 3 aromatic rings. The van der Waals surface area contributed by atoms with Crippen molar-refractivity contribution in [3.05, 3.63) is 101 Å². The van der Waals surface area contributed by atoms with Gasteiger partial charge in [0.15, 0.2) is 0 Å². The van der Waals surface area contributed by atoms with Crippen LogP contribution in [0.1, 0.15) is 45.6 Å². The lowest BCUT2D eigenvalue weighted by atomic mass is 9.93. The third-order valence-corrected chi connectivity index (χ3v) is 8.90. The summed E-state index contributed by atoms with van der Waals surface area (Å²) in [6.45, 7) is 10.5. The molecule has 2 aliphatic rings. The van der Waals surface area contributed by atoms with E-state index in [2.05, 4.69) is 38.5 Å². The average Bonchev–Trinajstić information content (AvgIpc) is 3.44. The molecule has 11 heteroatoms. The molecule has 1 saturated heterocycles. The number of hydrogen-bond donors (Lipinski definition) is 4. The first-order valence-electron chi connectivity index (χ1n) is 16.3. The van der Waals surface area contributed by atoms with Gasteiger partial charge in [-0.25, -0.2) is 0 Å². The summed E-state index contributed by atoms with van der Waals surface area (Å²) in [6.07, 6.45) is 3.80. The second-order valence-corrected chi connectivity index (χ2v) is 12.0. The second-order valence-electron chi connectivity index (χ2n) is 12.0. The summed E-state index contributed by atoms with van der Waals surface area (Å²) in [5.41, 5.74) is 5.50. The van der Waals surface area contributed by atoms with E-state index in [9.17, 15) is 19.5 Å². The Labute approximate surface area is 276 Å². The predicted molar refractivity (Wildman–Crippen MR) is 182 cm³/mol. The van der Waals surface area contributed by atoms with Gasteiger partial charge in [0, 0.05) is 83.6 Å². The van der Waals surface area contributed by atoms with Gasteiger partial charge in [-0.15, -0.1) is 6.58 Å². The van der Waals surface area contributed by atoms with Gasteiger partial charge in [0.2, 0.25) is 11.8 Å². The van der Waals surface area contributed by atoms with Crippen molar-refractivity contribution in [1.29, 1.82) is 0 Å². The molecule has 2 atom stereocenters. The van der Waals surface area contributed by atoms with Crippen LogP contribution in [0.4, 0.5) is 5.69 Å². The van der Waals surface area contributed by atoms with Crippen LogP contribution >= 0.6 is 0 Å². The number of phenols is 1. The largest absolute Gasteiger partial charge is 0.508 e. The first kappa shape index (κ1) is 33.6. The van der Waals surface area contributed by atoms with E-state index in [-0.39, 0.29) is 35.9 Å². The molecule has 0 radical (unpaired) electrons. The fourth-order valence-electron chi connectivity index (χ4n) is 6.47. The molecule has 0 bridgehead atoms. The number of anilines is 1. The number of carbonyl (C=O) groups excluding carboxylic acids is 3. The van der Waals surface area contributed by atoms with Crippen molar-refractivity contribution in [3.8, 4) is 5.75 Å². The number of nitrogens with zero attached hydrogens (tertiary/aromatic N) is 4. The Kier molecular flexibility index (Phi) is 11.2. The van der Waals surface area contributed by atoms with Crippen molar-refractivity contribution in [1.82, 2.24) is 30.7 Å². The zero-order chi connectivity index (χ0) is 33.3. The Morgan fingerprint density at radius 1 is 1.13 bits per heavy atom. The van der Waals surface area contributed by atoms with Crippen molar-refractivity contribution < 1.29 is 19.5 Å². The van der Waals surface area contributed by atoms with Gasteiger partial charge in [-0.2, -0.15) is 0 Å². The van der Waals surface area contributed by atoms with E-state index in [1.165, 1.54) is 0 Å². The van der Waals surface area contributed by atoms with Crippen molar-refractivity contribution in [2.45, 2.75) is 31.8 Å². The summed E-state index contributed by atoms with van der Waals surface area (Å²) in [5, 5.41) is 19.2. The Morgan fingerprint density at radius 2 is 1.89 bits per heavy atom. The number of aromatic nitrogens is 1. The van der Waals surface area contributed by atoms with Gasteiger partial charge >= 0.3 is 0 Å². The summed E-state index contributed by atoms with van der Waals surface area (Å²) in [6, 6.07) is 15.9. The van der Waals surface area contributed by atoms with Crippen molar-refractivity contribution in [2.75, 3.05) is 64.3 Å². The lowest BCUT2D eigenvalue weighted by Crippen LogP contribution is -2.52. The molecule has 5 rings (SSSR count). The van der Waals surface area contributed by atoms with Crippen LogP contribution in [-0.2, 0) is 22.6 Å². The van der Waals surface area contributed by atoms with Crippen LogP contribution in [0.5, 0.6) is 5.75 Å². The molecule has 248 valence electrons. The maximum atomic E-state index is 13.8. The summed E-state index contributed by atoms with van der Waals surface area (Å²) in [5.74, 6) is -0.255. The van der Waals surface area contributed by atoms with Crippen LogP contribution in [0, 0.1) is 0 Å². The summed E-state index contributed by atoms with van der Waals surface area (Å²) in [7, 11) is 2.04. The number of para-hydroxylation sites is 1. The molecule has 1 fully saturated rings. The standard InChI is InChI=1S/C36H45N7O4/c1-4-15-38-23-33(45)43(5-2)32(20-25-9-12-28(44)13-10-25)35(46)40-22-27-7-6-8-29-30(24-41(3)34(27)29)26-11-14-31(39-21-26)36(47)42-18-16-37-17-19-42/h4,6-14,21,30,32,37-38,44H,1,5,15-20,22-24H2,2-3H3,(H,40,46)/t30?,32-/m0/s1. The molecular weight excluding hydrogens is 594 g/mol. The van der Waals surface area contributed by atoms with Gasteiger partial charge in [0.1, 0.15) is 17.5 Å². The third kappa shape index (κ3) is 7.98. The summed E-state index contributed by atoms with van der Waals surface area (Å²) < 4.78 is 0. The fourth-order valence-corrected chi connectivity index (χ4v) is 6.47. The number of phenolic OH excluding ortho intramolecular Hbond substituents is 1. The molecule has 1 unspecified atom stereocenters. The highest BCUT2D eigenvalue weighted by atomic mass is 16.3. The molecule has 2 aliphatic heterocycles. The topological polar surface area (TPSA) is 130 Å². The number of benzene rings is 2. The van der Waals surface area contributed by atoms with Gasteiger partial charge in [-0.05, 0) is 47.4 Å². The van der Waals surface area contributed by atoms with E-state index < -0.39 is 6.04 Å². The van der Waals surface area contributed by atoms with E-state index in [0.29, 0.717) is 44.8 Å². The Morgan fingerprint density at radius 3 is 2.57 bits per heavy atom. The number of pyridine rings is 1. The molecule has 2 aromatic carbocycles. The van der Waals surface area contributed by atoms with Crippen molar-refractivity contribution >= 4 is 23.4 Å². The molecule has 47 heavy (non-hydrogen) atoms. The molecule has 11 nitrogen and oxygen atoms in total. The maximum absolute atomic E-state index is 13.8. The normalized spacial score (nSPS) is 16.3. The second kappa shape index (κ2) is 15.7. The zero-order valence-corrected chi connectivity index (χ0v) is 27.2. The van der Waals surface area contributed by atoms with Crippen LogP contribution in [0.2, 0.25) is 0 Å². The molecule has 0 saturated carbocycles. The summed E-state index contributed by atoms with van der Waals surface area (Å²) >= 11 is 0. The molecule has 0 aliphatic carbocycles. The van der Waals surface area contributed by atoms with E-state index in [1.807, 2.05) is 49.3 Å². The minimum Gasteiger partial charge on any atom is -0.508 e. The smallest absolute Gasteiger partial charge is 0.272 e. The van der Waals surface area contributed by atoms with Gasteiger partial charge in [-0.3, -0.25) is 19.4 Å². The summed E-state index contributed by atoms with van der Waals surface area (Å²) in [4.78, 5) is 50.2. The van der Waals surface area contributed by atoms with E-state index in [0.717, 1.165) is 47.6 Å². The minimum absolute atomic E-state index is 0.0416. The first-order chi connectivity index (χ1) is 22.8. The molecule has 1 aromatic heterocycles. The lowest BCUT2D eigenvalue weighted by molar-refractivity contribution is -0.139. The number of likely N-dealkylation sites (N-methyl/N-ethyl adjacent to an activating group) is 2. The number of fused-ring (bicyclic) bond motifs is 1.